The molecule has 0 bridgehead atoms. The monoisotopic (exact) mass is 338 g/mol. The average molecular weight is 338 g/mol. The molecule has 0 N–H and O–H groups in total. The molecule has 5 nitrogen and oxygen atoms in total. The summed E-state index contributed by atoms with van der Waals surface area (Å²) < 4.78 is 13.1. The molecule has 1 atom stereocenters. The van der Waals surface area contributed by atoms with E-state index >= 15 is 0 Å². The van der Waals surface area contributed by atoms with Gasteiger partial charge in [0.15, 0.2) is 11.5 Å². The molecule has 1 aliphatic carbocycles. The molecule has 130 valence electrons. The second-order valence-electron chi connectivity index (χ2n) is 6.55. The van der Waals surface area contributed by atoms with Crippen molar-refractivity contribution in [3.8, 4) is 11.5 Å². The lowest BCUT2D eigenvalue weighted by Crippen LogP contribution is -2.43. The van der Waals surface area contributed by atoms with Crippen LogP contribution in [0.5, 0.6) is 11.5 Å². The lowest BCUT2D eigenvalue weighted by atomic mass is 9.96. The highest BCUT2D eigenvalue weighted by atomic mass is 16.6. The molecule has 5 heteroatoms. The van der Waals surface area contributed by atoms with Crippen molar-refractivity contribution in [3.05, 3.63) is 54.1 Å². The van der Waals surface area contributed by atoms with Gasteiger partial charge in [-0.1, -0.05) is 37.5 Å². The number of aromatic nitrogens is 1. The summed E-state index contributed by atoms with van der Waals surface area (Å²) in [5, 5.41) is 0. The van der Waals surface area contributed by atoms with Crippen molar-refractivity contribution in [1.29, 1.82) is 0 Å². The minimum Gasteiger partial charge on any atom is -0.485 e. The van der Waals surface area contributed by atoms with Crippen LogP contribution in [0.1, 0.15) is 36.9 Å². The van der Waals surface area contributed by atoms with E-state index in [2.05, 4.69) is 0 Å². The van der Waals surface area contributed by atoms with Crippen molar-refractivity contribution in [2.75, 3.05) is 6.61 Å². The summed E-state index contributed by atoms with van der Waals surface area (Å²) in [6, 6.07) is 13.4. The van der Waals surface area contributed by atoms with Gasteiger partial charge < -0.3 is 9.47 Å². The fourth-order valence-electron chi connectivity index (χ4n) is 3.42. The Hall–Kier alpha value is -2.56. The van der Waals surface area contributed by atoms with E-state index in [-0.39, 0.29) is 12.5 Å². The Balaban J connectivity index is 1.60. The van der Waals surface area contributed by atoms with Crippen molar-refractivity contribution in [1.82, 2.24) is 4.57 Å². The van der Waals surface area contributed by atoms with E-state index in [1.807, 2.05) is 42.5 Å². The van der Waals surface area contributed by atoms with Gasteiger partial charge in [0.05, 0.1) is 6.04 Å². The third-order valence-electron chi connectivity index (χ3n) is 4.75. The maximum Gasteiger partial charge on any atom is 0.276 e. The summed E-state index contributed by atoms with van der Waals surface area (Å²) in [6.07, 6.45) is 7.00. The number of ether oxygens (including phenoxy) is 2. The van der Waals surface area contributed by atoms with Gasteiger partial charge >= 0.3 is 0 Å². The lowest BCUT2D eigenvalue weighted by molar-refractivity contribution is 0.0495. The summed E-state index contributed by atoms with van der Waals surface area (Å²) in [4.78, 5) is 17.8. The van der Waals surface area contributed by atoms with E-state index in [0.717, 1.165) is 12.8 Å². The van der Waals surface area contributed by atoms with Gasteiger partial charge in [-0.15, -0.1) is 0 Å². The van der Waals surface area contributed by atoms with E-state index in [1.165, 1.54) is 19.3 Å². The highest BCUT2D eigenvalue weighted by Gasteiger charge is 2.28. The van der Waals surface area contributed by atoms with Crippen LogP contribution >= 0.6 is 0 Å². The third-order valence-corrected chi connectivity index (χ3v) is 4.75. The summed E-state index contributed by atoms with van der Waals surface area (Å²) in [7, 11) is 0. The Bertz CT molecular complexity index is 821. The van der Waals surface area contributed by atoms with Gasteiger partial charge in [0.2, 0.25) is 6.10 Å². The zero-order valence-electron chi connectivity index (χ0n) is 14.1. The molecule has 1 aromatic carbocycles. The molecular formula is C20H22N2O3. The first-order valence-corrected chi connectivity index (χ1v) is 8.95. The maximum absolute atomic E-state index is 13.0. The minimum absolute atomic E-state index is 0.148. The van der Waals surface area contributed by atoms with Crippen LogP contribution in [0.25, 0.3) is 0 Å². The van der Waals surface area contributed by atoms with Gasteiger partial charge in [0.1, 0.15) is 12.1 Å². The number of carbonyl (C=O) groups is 1. The molecule has 4 rings (SSSR count). The SMILES string of the molecule is O=C([C@@H]1COc2ccccc2O1)n1ccccc1=NC1CCCCC1. The van der Waals surface area contributed by atoms with Gasteiger partial charge in [-0.2, -0.15) is 0 Å². The fraction of sp³-hybridized carbons (Fsp3) is 0.400. The van der Waals surface area contributed by atoms with Crippen molar-refractivity contribution in [3.63, 3.8) is 0 Å². The van der Waals surface area contributed by atoms with E-state index < -0.39 is 6.10 Å². The topological polar surface area (TPSA) is 52.8 Å². The number of benzene rings is 1. The Morgan fingerprint density at radius 1 is 1.00 bits per heavy atom. The Labute approximate surface area is 146 Å². The quantitative estimate of drug-likeness (QED) is 0.845. The second-order valence-corrected chi connectivity index (χ2v) is 6.55. The van der Waals surface area contributed by atoms with E-state index in [0.29, 0.717) is 23.0 Å². The Morgan fingerprint density at radius 2 is 1.76 bits per heavy atom. The van der Waals surface area contributed by atoms with Crippen molar-refractivity contribution < 1.29 is 14.3 Å². The van der Waals surface area contributed by atoms with Crippen molar-refractivity contribution in [2.24, 2.45) is 4.99 Å². The number of hydrogen-bond donors (Lipinski definition) is 0. The molecule has 0 amide bonds. The molecule has 0 unspecified atom stereocenters. The standard InChI is InChI=1S/C20H22N2O3/c23-20(18-14-24-16-10-4-5-11-17(16)25-18)22-13-7-6-12-19(22)21-15-8-2-1-3-9-15/h4-7,10-13,15,18H,1-3,8-9,14H2/t18-/m0/s1. The van der Waals surface area contributed by atoms with Crippen LogP contribution in [0.3, 0.4) is 0 Å². The number of fused-ring (bicyclic) bond motifs is 1. The largest absolute Gasteiger partial charge is 0.485 e. The third kappa shape index (κ3) is 3.45. The van der Waals surface area contributed by atoms with Crippen LogP contribution in [-0.4, -0.2) is 29.2 Å². The first-order valence-electron chi connectivity index (χ1n) is 8.95. The molecule has 2 aliphatic rings. The number of carbonyl (C=O) groups excluding carboxylic acids is 1. The molecule has 1 fully saturated rings. The lowest BCUT2D eigenvalue weighted by Gasteiger charge is -2.26. The first-order chi connectivity index (χ1) is 12.3. The average Bonchev–Trinajstić information content (AvgIpc) is 2.68. The van der Waals surface area contributed by atoms with E-state index in [1.54, 1.807) is 10.8 Å². The fourth-order valence-corrected chi connectivity index (χ4v) is 3.42. The number of nitrogens with zero attached hydrogens (tertiary/aromatic N) is 2. The normalized spacial score (nSPS) is 21.1. The number of pyridine rings is 1. The van der Waals surface area contributed by atoms with Gasteiger partial charge in [-0.05, 0) is 37.1 Å². The highest BCUT2D eigenvalue weighted by molar-refractivity contribution is 5.84. The molecule has 2 aromatic rings. The molecule has 1 aromatic heterocycles. The minimum atomic E-state index is -0.664. The number of hydrogen-bond acceptors (Lipinski definition) is 4. The van der Waals surface area contributed by atoms with E-state index in [4.69, 9.17) is 14.5 Å². The van der Waals surface area contributed by atoms with Gasteiger partial charge in [0, 0.05) is 6.20 Å². The predicted molar refractivity (Wildman–Crippen MR) is 93.8 cm³/mol. The summed E-state index contributed by atoms with van der Waals surface area (Å²) in [5.74, 6) is 1.13. The summed E-state index contributed by atoms with van der Waals surface area (Å²) >= 11 is 0. The van der Waals surface area contributed by atoms with Gasteiger partial charge in [0.25, 0.3) is 5.91 Å². The molecule has 1 aliphatic heterocycles. The maximum atomic E-state index is 13.0. The number of para-hydroxylation sites is 2. The van der Waals surface area contributed by atoms with Crippen LogP contribution < -0.4 is 15.0 Å². The molecule has 25 heavy (non-hydrogen) atoms. The zero-order valence-corrected chi connectivity index (χ0v) is 14.1. The Morgan fingerprint density at radius 3 is 2.60 bits per heavy atom. The highest BCUT2D eigenvalue weighted by Crippen LogP contribution is 2.31. The van der Waals surface area contributed by atoms with Crippen LogP contribution in [-0.2, 0) is 0 Å². The summed E-state index contributed by atoms with van der Waals surface area (Å²) in [5.41, 5.74) is 0.696. The Kier molecular flexibility index (Phi) is 4.55. The smallest absolute Gasteiger partial charge is 0.276 e. The van der Waals surface area contributed by atoms with Gasteiger partial charge in [-0.3, -0.25) is 14.4 Å². The zero-order chi connectivity index (χ0) is 17.1. The molecule has 1 saturated carbocycles. The molecule has 0 radical (unpaired) electrons. The van der Waals surface area contributed by atoms with Crippen molar-refractivity contribution in [2.45, 2.75) is 44.2 Å². The molecule has 0 spiro atoms. The van der Waals surface area contributed by atoms with Crippen LogP contribution in [0, 0.1) is 0 Å². The molecule has 0 saturated heterocycles. The number of rotatable bonds is 2. The van der Waals surface area contributed by atoms with Gasteiger partial charge in [-0.25, -0.2) is 0 Å². The second kappa shape index (κ2) is 7.13. The van der Waals surface area contributed by atoms with Crippen LogP contribution in [0.4, 0.5) is 0 Å². The molecular weight excluding hydrogens is 316 g/mol. The van der Waals surface area contributed by atoms with Crippen molar-refractivity contribution >= 4 is 5.91 Å². The van der Waals surface area contributed by atoms with Crippen LogP contribution in [0.2, 0.25) is 0 Å². The summed E-state index contributed by atoms with van der Waals surface area (Å²) in [6.45, 7) is 0.209. The van der Waals surface area contributed by atoms with E-state index in [9.17, 15) is 4.79 Å². The predicted octanol–water partition coefficient (Wildman–Crippen LogP) is 3.20. The molecule has 2 heterocycles. The van der Waals surface area contributed by atoms with Crippen LogP contribution in [0.15, 0.2) is 53.7 Å². The first kappa shape index (κ1) is 15.9.